The standard InChI is InChI=1S/C14H8O4.Na/c15-9-5-1-3-7-11(9)14(18)12-8(13(7)17)4-2-6-10(12)16;/h1-6,15-16H;. The molecule has 4 nitrogen and oxygen atoms in total. The fourth-order valence-corrected chi connectivity index (χ4v) is 2.21. The van der Waals surface area contributed by atoms with Gasteiger partial charge in [-0.25, -0.2) is 0 Å². The number of ketones is 2. The van der Waals surface area contributed by atoms with Gasteiger partial charge >= 0.3 is 0 Å². The van der Waals surface area contributed by atoms with Gasteiger partial charge in [-0.3, -0.25) is 9.59 Å². The van der Waals surface area contributed by atoms with Crippen LogP contribution in [0.3, 0.4) is 0 Å². The van der Waals surface area contributed by atoms with Gasteiger partial charge in [-0.1, -0.05) is 24.3 Å². The predicted octanol–water partition coefficient (Wildman–Crippen LogP) is 1.49. The molecule has 2 N–H and O–H groups in total. The Hall–Kier alpha value is -1.62. The van der Waals surface area contributed by atoms with Gasteiger partial charge in [0.1, 0.15) is 11.5 Å². The van der Waals surface area contributed by atoms with Crippen molar-refractivity contribution in [2.24, 2.45) is 0 Å². The fraction of sp³-hybridized carbons (Fsp3) is 0. The maximum atomic E-state index is 12.2. The van der Waals surface area contributed by atoms with Gasteiger partial charge in [0.15, 0.2) is 5.78 Å². The van der Waals surface area contributed by atoms with Crippen molar-refractivity contribution < 1.29 is 19.8 Å². The number of carbonyl (C=O) groups is 2. The molecule has 0 fully saturated rings. The summed E-state index contributed by atoms with van der Waals surface area (Å²) in [5.41, 5.74) is 0.240. The number of aromatic hydroxyl groups is 2. The van der Waals surface area contributed by atoms with Crippen LogP contribution in [0.15, 0.2) is 36.4 Å². The second-order valence-corrected chi connectivity index (χ2v) is 4.06. The third kappa shape index (κ3) is 1.89. The fourth-order valence-electron chi connectivity index (χ4n) is 2.21. The van der Waals surface area contributed by atoms with E-state index in [1.807, 2.05) is 0 Å². The minimum atomic E-state index is -0.532. The SMILES string of the molecule is O=C1c2cccc(O)c2C(=O)c2c(O)cccc21.[Na]. The molecule has 0 heterocycles. The summed E-state index contributed by atoms with van der Waals surface area (Å²) in [6.45, 7) is 0. The molecule has 0 bridgehead atoms. The Morgan fingerprint density at radius 2 is 1.11 bits per heavy atom. The van der Waals surface area contributed by atoms with Gasteiger partial charge in [-0.2, -0.15) is 0 Å². The Morgan fingerprint density at radius 1 is 0.684 bits per heavy atom. The van der Waals surface area contributed by atoms with Gasteiger partial charge in [-0.15, -0.1) is 0 Å². The topological polar surface area (TPSA) is 74.6 Å². The van der Waals surface area contributed by atoms with Crippen molar-refractivity contribution in [3.05, 3.63) is 58.7 Å². The van der Waals surface area contributed by atoms with Crippen LogP contribution in [0.25, 0.3) is 0 Å². The van der Waals surface area contributed by atoms with Gasteiger partial charge in [-0.05, 0) is 12.1 Å². The van der Waals surface area contributed by atoms with E-state index in [0.29, 0.717) is 0 Å². The first-order valence-electron chi connectivity index (χ1n) is 5.34. The molecule has 1 aliphatic rings. The summed E-state index contributed by atoms with van der Waals surface area (Å²) in [6, 6.07) is 8.68. The number of phenolic OH excluding ortho intramolecular Hbond substituents is 2. The Morgan fingerprint density at radius 3 is 1.53 bits per heavy atom. The van der Waals surface area contributed by atoms with Crippen molar-refractivity contribution in [3.8, 4) is 11.5 Å². The third-order valence-electron chi connectivity index (χ3n) is 3.03. The summed E-state index contributed by atoms with van der Waals surface area (Å²) in [6.07, 6.45) is 0. The predicted molar refractivity (Wildman–Crippen MR) is 68.8 cm³/mol. The van der Waals surface area contributed by atoms with Gasteiger partial charge in [0.05, 0.1) is 11.1 Å². The first kappa shape index (κ1) is 13.8. The molecule has 19 heavy (non-hydrogen) atoms. The summed E-state index contributed by atoms with van der Waals surface area (Å²) in [7, 11) is 0. The van der Waals surface area contributed by atoms with Crippen LogP contribution in [0, 0.1) is 0 Å². The molecule has 1 radical (unpaired) electrons. The van der Waals surface area contributed by atoms with E-state index in [4.69, 9.17) is 0 Å². The summed E-state index contributed by atoms with van der Waals surface area (Å²) < 4.78 is 0. The zero-order valence-corrected chi connectivity index (χ0v) is 12.2. The van der Waals surface area contributed by atoms with Crippen molar-refractivity contribution >= 4 is 41.1 Å². The molecule has 0 saturated heterocycles. The molecule has 0 aliphatic heterocycles. The van der Waals surface area contributed by atoms with Crippen molar-refractivity contribution in [2.75, 3.05) is 0 Å². The smallest absolute Gasteiger partial charge is 0.201 e. The molecular formula is C14H8NaO4. The van der Waals surface area contributed by atoms with E-state index >= 15 is 0 Å². The maximum absolute atomic E-state index is 12.2. The van der Waals surface area contributed by atoms with E-state index in [0.717, 1.165) is 0 Å². The van der Waals surface area contributed by atoms with Gasteiger partial charge in [0.25, 0.3) is 0 Å². The van der Waals surface area contributed by atoms with E-state index in [1.54, 1.807) is 0 Å². The molecule has 3 rings (SSSR count). The van der Waals surface area contributed by atoms with Crippen LogP contribution in [0.2, 0.25) is 0 Å². The number of benzene rings is 2. The molecule has 89 valence electrons. The first-order valence-corrected chi connectivity index (χ1v) is 5.34. The molecule has 0 spiro atoms. The van der Waals surface area contributed by atoms with Crippen LogP contribution in [0.4, 0.5) is 0 Å². The van der Waals surface area contributed by atoms with Gasteiger partial charge in [0.2, 0.25) is 5.78 Å². The molecule has 0 atom stereocenters. The number of hydrogen-bond acceptors (Lipinski definition) is 4. The molecule has 0 amide bonds. The third-order valence-corrected chi connectivity index (χ3v) is 3.03. The average molecular weight is 263 g/mol. The molecule has 5 heteroatoms. The molecular weight excluding hydrogens is 255 g/mol. The van der Waals surface area contributed by atoms with Crippen molar-refractivity contribution in [3.63, 3.8) is 0 Å². The largest absolute Gasteiger partial charge is 0.507 e. The van der Waals surface area contributed by atoms with Gasteiger partial charge in [0, 0.05) is 40.7 Å². The Kier molecular flexibility index (Phi) is 3.49. The van der Waals surface area contributed by atoms with Crippen LogP contribution < -0.4 is 0 Å². The molecule has 0 aromatic heterocycles. The Balaban J connectivity index is 0.00000133. The van der Waals surface area contributed by atoms with E-state index in [2.05, 4.69) is 0 Å². The molecule has 0 unspecified atom stereocenters. The summed E-state index contributed by atoms with van der Waals surface area (Å²) in [5.74, 6) is -1.40. The zero-order valence-electron chi connectivity index (χ0n) is 10.2. The monoisotopic (exact) mass is 263 g/mol. The second kappa shape index (κ2) is 4.81. The normalized spacial score (nSPS) is 12.4. The summed E-state index contributed by atoms with van der Waals surface area (Å²) in [5, 5.41) is 19.4. The maximum Gasteiger partial charge on any atom is 0.201 e. The van der Waals surface area contributed by atoms with Gasteiger partial charge < -0.3 is 10.2 Å². The average Bonchev–Trinajstić information content (AvgIpc) is 2.35. The van der Waals surface area contributed by atoms with Crippen LogP contribution in [-0.4, -0.2) is 51.3 Å². The number of fused-ring (bicyclic) bond motifs is 2. The minimum Gasteiger partial charge on any atom is -0.507 e. The zero-order chi connectivity index (χ0) is 12.9. The molecule has 1 aliphatic carbocycles. The molecule has 2 aromatic rings. The Labute approximate surface area is 131 Å². The van der Waals surface area contributed by atoms with E-state index in [9.17, 15) is 19.8 Å². The summed E-state index contributed by atoms with van der Waals surface area (Å²) in [4.78, 5) is 24.4. The van der Waals surface area contributed by atoms with Crippen LogP contribution in [0.1, 0.15) is 31.8 Å². The number of phenols is 2. The Bertz CT molecular complexity index is 649. The second-order valence-electron chi connectivity index (χ2n) is 4.06. The van der Waals surface area contributed by atoms with Crippen LogP contribution in [-0.2, 0) is 0 Å². The number of carbonyl (C=O) groups excluding carboxylic acids is 2. The summed E-state index contributed by atoms with van der Waals surface area (Å²) >= 11 is 0. The van der Waals surface area contributed by atoms with Crippen LogP contribution >= 0.6 is 0 Å². The van der Waals surface area contributed by atoms with E-state index in [-0.39, 0.29) is 69.1 Å². The first-order chi connectivity index (χ1) is 8.61. The number of hydrogen-bond donors (Lipinski definition) is 2. The van der Waals surface area contributed by atoms with Crippen LogP contribution in [0.5, 0.6) is 11.5 Å². The number of rotatable bonds is 0. The van der Waals surface area contributed by atoms with Crippen molar-refractivity contribution in [1.82, 2.24) is 0 Å². The minimum absolute atomic E-state index is 0. The quantitative estimate of drug-likeness (QED) is 0.603. The van der Waals surface area contributed by atoms with Crippen molar-refractivity contribution in [2.45, 2.75) is 0 Å². The van der Waals surface area contributed by atoms with Crippen molar-refractivity contribution in [1.29, 1.82) is 0 Å². The molecule has 0 saturated carbocycles. The van der Waals surface area contributed by atoms with E-state index in [1.165, 1.54) is 36.4 Å². The van der Waals surface area contributed by atoms with E-state index < -0.39 is 5.78 Å². The molecule has 2 aromatic carbocycles.